The predicted octanol–water partition coefficient (Wildman–Crippen LogP) is 3.51. The van der Waals surface area contributed by atoms with Crippen molar-refractivity contribution in [1.82, 2.24) is 24.4 Å². The number of anilines is 3. The van der Waals surface area contributed by atoms with Gasteiger partial charge in [0.2, 0.25) is 17.8 Å². The lowest BCUT2D eigenvalue weighted by atomic mass is 9.85. The number of benzene rings is 1. The number of carbonyl (C=O) groups is 1. The second kappa shape index (κ2) is 10.6. The van der Waals surface area contributed by atoms with Crippen LogP contribution in [0.1, 0.15) is 44.6 Å². The highest BCUT2D eigenvalue weighted by Crippen LogP contribution is 2.33. The standard InChI is InChI=1S/C26H30F3N7O3/c27-15-9-19(28)22(20(29)10-15)33-26-32-21-11-30-25(34-23(21)36(26)17-6-8-39-13-17)31-16-3-1-14(2-4-16)24(38)35-7-5-18(37)12-35/h9-11,14,16-18,37H,1-8,12-13H2,(H,32,33)(H,30,31,34)/t14?,16?,17-,18+/m0/s1. The minimum Gasteiger partial charge on any atom is -0.391 e. The fraction of sp³-hybridized carbons (Fsp3) is 0.538. The van der Waals surface area contributed by atoms with Crippen molar-refractivity contribution in [1.29, 1.82) is 0 Å². The van der Waals surface area contributed by atoms with Crippen molar-refractivity contribution in [3.05, 3.63) is 35.8 Å². The number of amides is 1. The number of halogens is 3. The van der Waals surface area contributed by atoms with Crippen LogP contribution in [0.3, 0.4) is 0 Å². The molecule has 3 aliphatic rings. The van der Waals surface area contributed by atoms with Crippen molar-refractivity contribution in [2.45, 2.75) is 56.7 Å². The van der Waals surface area contributed by atoms with E-state index in [0.717, 1.165) is 25.7 Å². The van der Waals surface area contributed by atoms with E-state index < -0.39 is 29.2 Å². The zero-order valence-corrected chi connectivity index (χ0v) is 21.2. The summed E-state index contributed by atoms with van der Waals surface area (Å²) in [5.74, 6) is -2.52. The number of ether oxygens (including phenoxy) is 1. The molecule has 3 N–H and O–H groups in total. The number of nitrogens with zero attached hydrogens (tertiary/aromatic N) is 5. The van der Waals surface area contributed by atoms with Gasteiger partial charge >= 0.3 is 0 Å². The first-order valence-electron chi connectivity index (χ1n) is 13.3. The molecule has 2 aliphatic heterocycles. The van der Waals surface area contributed by atoms with E-state index in [9.17, 15) is 23.1 Å². The van der Waals surface area contributed by atoms with Crippen LogP contribution in [0.5, 0.6) is 0 Å². The van der Waals surface area contributed by atoms with Crippen LogP contribution in [0.15, 0.2) is 18.3 Å². The van der Waals surface area contributed by atoms with Gasteiger partial charge in [-0.3, -0.25) is 9.36 Å². The van der Waals surface area contributed by atoms with Crippen molar-refractivity contribution in [2.75, 3.05) is 36.9 Å². The second-order valence-electron chi connectivity index (χ2n) is 10.5. The Morgan fingerprint density at radius 1 is 1.05 bits per heavy atom. The summed E-state index contributed by atoms with van der Waals surface area (Å²) in [5, 5.41) is 15.8. The summed E-state index contributed by atoms with van der Waals surface area (Å²) < 4.78 is 49.5. The number of likely N-dealkylation sites (tertiary alicyclic amines) is 1. The number of fused-ring (bicyclic) bond motifs is 1. The second-order valence-corrected chi connectivity index (χ2v) is 10.5. The third-order valence-corrected chi connectivity index (χ3v) is 7.83. The maximum atomic E-state index is 14.4. The van der Waals surface area contributed by atoms with Crippen LogP contribution in [0.4, 0.5) is 30.8 Å². The number of hydrogen-bond acceptors (Lipinski definition) is 8. The number of aliphatic hydroxyl groups is 1. The maximum Gasteiger partial charge on any atom is 0.225 e. The molecule has 0 unspecified atom stereocenters. The molecule has 2 atom stereocenters. The minimum absolute atomic E-state index is 0.0403. The molecule has 1 amide bonds. The van der Waals surface area contributed by atoms with Gasteiger partial charge in [-0.2, -0.15) is 4.98 Å². The highest BCUT2D eigenvalue weighted by atomic mass is 19.1. The third-order valence-electron chi connectivity index (χ3n) is 7.83. The van der Waals surface area contributed by atoms with Gasteiger partial charge in [0.1, 0.15) is 17.0 Å². The molecule has 3 aromatic rings. The highest BCUT2D eigenvalue weighted by molar-refractivity contribution is 5.79. The van der Waals surface area contributed by atoms with Gasteiger partial charge in [-0.1, -0.05) is 0 Å². The monoisotopic (exact) mass is 545 g/mol. The number of β-amino-alcohol motifs (C(OH)–C–C–N with tert-alkyl or cyclic N) is 1. The number of carbonyl (C=O) groups excluding carboxylic acids is 1. The fourth-order valence-electron chi connectivity index (χ4n) is 5.76. The molecule has 2 aromatic heterocycles. The molecular weight excluding hydrogens is 515 g/mol. The Balaban J connectivity index is 1.20. The Morgan fingerprint density at radius 2 is 1.82 bits per heavy atom. The molecule has 1 aliphatic carbocycles. The maximum absolute atomic E-state index is 14.4. The number of imidazole rings is 1. The molecule has 1 aromatic carbocycles. The number of rotatable bonds is 6. The molecule has 4 heterocycles. The van der Waals surface area contributed by atoms with Gasteiger partial charge in [0.05, 0.1) is 24.9 Å². The van der Waals surface area contributed by atoms with E-state index in [1.165, 1.54) is 0 Å². The summed E-state index contributed by atoms with van der Waals surface area (Å²) >= 11 is 0. The Bertz CT molecular complexity index is 1350. The van der Waals surface area contributed by atoms with Gasteiger partial charge in [0.25, 0.3) is 0 Å². The average Bonchev–Trinajstić information content (AvgIpc) is 3.66. The summed E-state index contributed by atoms with van der Waals surface area (Å²) in [6.45, 7) is 1.94. The Labute approximate surface area is 222 Å². The van der Waals surface area contributed by atoms with E-state index in [4.69, 9.17) is 9.72 Å². The average molecular weight is 546 g/mol. The summed E-state index contributed by atoms with van der Waals surface area (Å²) in [4.78, 5) is 28.1. The lowest BCUT2D eigenvalue weighted by Gasteiger charge is -2.30. The van der Waals surface area contributed by atoms with Crippen LogP contribution in [-0.2, 0) is 9.53 Å². The Morgan fingerprint density at radius 3 is 2.49 bits per heavy atom. The van der Waals surface area contributed by atoms with Crippen LogP contribution in [0.2, 0.25) is 0 Å². The van der Waals surface area contributed by atoms with E-state index in [1.807, 2.05) is 0 Å². The fourth-order valence-corrected chi connectivity index (χ4v) is 5.76. The molecule has 0 spiro atoms. The van der Waals surface area contributed by atoms with Crippen LogP contribution in [-0.4, -0.2) is 73.9 Å². The molecule has 208 valence electrons. The van der Waals surface area contributed by atoms with E-state index in [1.54, 1.807) is 15.7 Å². The summed E-state index contributed by atoms with van der Waals surface area (Å²) in [5.41, 5.74) is 0.401. The van der Waals surface area contributed by atoms with Crippen LogP contribution < -0.4 is 10.6 Å². The zero-order valence-electron chi connectivity index (χ0n) is 21.2. The molecule has 10 nitrogen and oxygen atoms in total. The molecule has 6 rings (SSSR count). The van der Waals surface area contributed by atoms with Crippen molar-refractivity contribution in [3.63, 3.8) is 0 Å². The molecule has 2 saturated heterocycles. The number of nitrogens with one attached hydrogen (secondary N) is 2. The first kappa shape index (κ1) is 25.8. The van der Waals surface area contributed by atoms with Gasteiger partial charge in [0, 0.05) is 43.8 Å². The third kappa shape index (κ3) is 5.24. The normalized spacial score (nSPS) is 25.4. The molecule has 1 saturated carbocycles. The Hall–Kier alpha value is -3.45. The van der Waals surface area contributed by atoms with Crippen LogP contribution >= 0.6 is 0 Å². The van der Waals surface area contributed by atoms with Gasteiger partial charge in [-0.05, 0) is 38.5 Å². The highest BCUT2D eigenvalue weighted by Gasteiger charge is 2.33. The first-order chi connectivity index (χ1) is 18.9. The SMILES string of the molecule is O=C(C1CCC(Nc2ncc3nc(Nc4c(F)cc(F)cc4F)n([C@H]4CCOC4)c3n2)CC1)N1CC[C@@H](O)C1. The number of aliphatic hydroxyl groups excluding tert-OH is 1. The van der Waals surface area contributed by atoms with Gasteiger partial charge in [-0.15, -0.1) is 0 Å². The molecule has 39 heavy (non-hydrogen) atoms. The molecule has 3 fully saturated rings. The van der Waals surface area contributed by atoms with E-state index in [-0.39, 0.29) is 29.9 Å². The number of hydrogen-bond donors (Lipinski definition) is 3. The van der Waals surface area contributed by atoms with Crippen LogP contribution in [0.25, 0.3) is 11.2 Å². The predicted molar refractivity (Wildman–Crippen MR) is 136 cm³/mol. The van der Waals surface area contributed by atoms with Crippen molar-refractivity contribution >= 4 is 34.7 Å². The molecule has 0 radical (unpaired) electrons. The van der Waals surface area contributed by atoms with Gasteiger partial charge in [0.15, 0.2) is 17.3 Å². The van der Waals surface area contributed by atoms with Crippen LogP contribution in [0, 0.1) is 23.4 Å². The van der Waals surface area contributed by atoms with Crippen molar-refractivity contribution in [3.8, 4) is 0 Å². The molecule has 0 bridgehead atoms. The van der Waals surface area contributed by atoms with E-state index in [2.05, 4.69) is 20.6 Å². The van der Waals surface area contributed by atoms with E-state index >= 15 is 0 Å². The quantitative estimate of drug-likeness (QED) is 0.431. The van der Waals surface area contributed by atoms with Crippen molar-refractivity contribution in [2.24, 2.45) is 5.92 Å². The summed E-state index contributed by atoms with van der Waals surface area (Å²) in [7, 11) is 0. The largest absolute Gasteiger partial charge is 0.391 e. The lowest BCUT2D eigenvalue weighted by molar-refractivity contribution is -0.135. The lowest BCUT2D eigenvalue weighted by Crippen LogP contribution is -2.38. The summed E-state index contributed by atoms with van der Waals surface area (Å²) in [6, 6.07) is 1.13. The van der Waals surface area contributed by atoms with Crippen molar-refractivity contribution < 1.29 is 27.8 Å². The zero-order chi connectivity index (χ0) is 27.1. The Kier molecular flexibility index (Phi) is 7.02. The topological polar surface area (TPSA) is 117 Å². The minimum atomic E-state index is -1.07. The van der Waals surface area contributed by atoms with Gasteiger partial charge in [-0.25, -0.2) is 23.1 Å². The molecule has 13 heteroatoms. The smallest absolute Gasteiger partial charge is 0.225 e. The van der Waals surface area contributed by atoms with E-state index in [0.29, 0.717) is 68.4 Å². The molecular formula is C26H30F3N7O3. The van der Waals surface area contributed by atoms with Gasteiger partial charge < -0.3 is 25.4 Å². The summed E-state index contributed by atoms with van der Waals surface area (Å²) in [6.07, 6.45) is 5.46. The first-order valence-corrected chi connectivity index (χ1v) is 13.3. The number of aromatic nitrogens is 4.